The van der Waals surface area contributed by atoms with Crippen molar-refractivity contribution in [3.63, 3.8) is 0 Å². The second-order valence-electron chi connectivity index (χ2n) is 4.74. The van der Waals surface area contributed by atoms with E-state index in [-0.39, 0.29) is 5.91 Å². The van der Waals surface area contributed by atoms with Crippen LogP contribution in [0.15, 0.2) is 18.3 Å². The molecular formula is C13H18ClN3O. The summed E-state index contributed by atoms with van der Waals surface area (Å²) in [7, 11) is 1.85. The zero-order chi connectivity index (χ0) is 13.0. The van der Waals surface area contributed by atoms with Gasteiger partial charge in [-0.2, -0.15) is 0 Å². The van der Waals surface area contributed by atoms with Gasteiger partial charge in [-0.15, -0.1) is 0 Å². The molecule has 1 amide bonds. The van der Waals surface area contributed by atoms with E-state index in [0.717, 1.165) is 18.7 Å². The molecule has 98 valence electrons. The first kappa shape index (κ1) is 13.1. The van der Waals surface area contributed by atoms with Crippen LogP contribution >= 0.6 is 11.6 Å². The topological polar surface area (TPSA) is 45.2 Å². The third-order valence-electron chi connectivity index (χ3n) is 3.20. The molecule has 1 fully saturated rings. The van der Waals surface area contributed by atoms with Crippen LogP contribution in [0.5, 0.6) is 0 Å². The second kappa shape index (κ2) is 6.05. The Hall–Kier alpha value is -1.29. The Labute approximate surface area is 112 Å². The lowest BCUT2D eigenvalue weighted by molar-refractivity contribution is -0.120. The molecule has 1 N–H and O–H groups in total. The van der Waals surface area contributed by atoms with Crippen molar-refractivity contribution >= 4 is 23.3 Å². The molecule has 1 aromatic heterocycles. The molecule has 0 radical (unpaired) electrons. The van der Waals surface area contributed by atoms with Crippen molar-refractivity contribution in [2.24, 2.45) is 0 Å². The van der Waals surface area contributed by atoms with Gasteiger partial charge in [0.2, 0.25) is 5.91 Å². The van der Waals surface area contributed by atoms with E-state index in [1.165, 1.54) is 12.8 Å². The van der Waals surface area contributed by atoms with Crippen molar-refractivity contribution in [1.29, 1.82) is 0 Å². The number of carbonyl (C=O) groups is 1. The molecule has 4 nitrogen and oxygen atoms in total. The molecule has 1 aliphatic rings. The molecule has 0 atom stereocenters. The first-order valence-corrected chi connectivity index (χ1v) is 6.65. The number of rotatable bonds is 4. The van der Waals surface area contributed by atoms with Crippen LogP contribution in [-0.2, 0) is 4.79 Å². The van der Waals surface area contributed by atoms with Gasteiger partial charge >= 0.3 is 0 Å². The summed E-state index contributed by atoms with van der Waals surface area (Å²) < 4.78 is 0. The Morgan fingerprint density at radius 2 is 2.22 bits per heavy atom. The maximum atomic E-state index is 11.8. The van der Waals surface area contributed by atoms with Gasteiger partial charge in [0.1, 0.15) is 5.82 Å². The molecule has 1 aliphatic carbocycles. The lowest BCUT2D eigenvalue weighted by Gasteiger charge is -2.19. The van der Waals surface area contributed by atoms with Crippen LogP contribution in [0.1, 0.15) is 25.7 Å². The summed E-state index contributed by atoms with van der Waals surface area (Å²) >= 11 is 5.78. The van der Waals surface area contributed by atoms with Gasteiger partial charge < -0.3 is 10.2 Å². The van der Waals surface area contributed by atoms with E-state index >= 15 is 0 Å². The Morgan fingerprint density at radius 3 is 2.83 bits per heavy atom. The largest absolute Gasteiger partial charge is 0.352 e. The first-order valence-electron chi connectivity index (χ1n) is 6.27. The van der Waals surface area contributed by atoms with Crippen molar-refractivity contribution in [3.05, 3.63) is 23.4 Å². The Kier molecular flexibility index (Phi) is 4.42. The zero-order valence-corrected chi connectivity index (χ0v) is 11.3. The fourth-order valence-corrected chi connectivity index (χ4v) is 2.35. The van der Waals surface area contributed by atoms with Crippen molar-refractivity contribution in [2.45, 2.75) is 31.7 Å². The smallest absolute Gasteiger partial charge is 0.239 e. The summed E-state index contributed by atoms with van der Waals surface area (Å²) in [6.45, 7) is 0.325. The van der Waals surface area contributed by atoms with Crippen LogP contribution in [0.4, 0.5) is 5.82 Å². The van der Waals surface area contributed by atoms with E-state index in [4.69, 9.17) is 11.6 Å². The van der Waals surface area contributed by atoms with Crippen LogP contribution in [0.2, 0.25) is 5.02 Å². The predicted molar refractivity (Wildman–Crippen MR) is 72.9 cm³/mol. The molecule has 0 saturated heterocycles. The molecule has 0 aliphatic heterocycles. The number of likely N-dealkylation sites (N-methyl/N-ethyl adjacent to an activating group) is 1. The monoisotopic (exact) mass is 267 g/mol. The molecule has 5 heteroatoms. The predicted octanol–water partition coefficient (Wildman–Crippen LogP) is 2.23. The fourth-order valence-electron chi connectivity index (χ4n) is 2.23. The molecule has 1 saturated carbocycles. The Morgan fingerprint density at radius 1 is 1.50 bits per heavy atom. The number of aromatic nitrogens is 1. The number of amides is 1. The van der Waals surface area contributed by atoms with Gasteiger partial charge in [0.05, 0.1) is 11.6 Å². The number of halogens is 1. The highest BCUT2D eigenvalue weighted by molar-refractivity contribution is 6.30. The minimum Gasteiger partial charge on any atom is -0.352 e. The number of nitrogens with zero attached hydrogens (tertiary/aromatic N) is 2. The van der Waals surface area contributed by atoms with E-state index in [1.807, 2.05) is 18.0 Å². The molecule has 2 rings (SSSR count). The van der Waals surface area contributed by atoms with Crippen molar-refractivity contribution in [2.75, 3.05) is 18.5 Å². The number of pyridine rings is 1. The first-order chi connectivity index (χ1) is 8.65. The maximum absolute atomic E-state index is 11.8. The van der Waals surface area contributed by atoms with Gasteiger partial charge in [-0.05, 0) is 25.0 Å². The Balaban J connectivity index is 1.84. The third-order valence-corrected chi connectivity index (χ3v) is 3.43. The molecule has 18 heavy (non-hydrogen) atoms. The zero-order valence-electron chi connectivity index (χ0n) is 10.5. The summed E-state index contributed by atoms with van der Waals surface area (Å²) in [5.41, 5.74) is 0. The average molecular weight is 268 g/mol. The summed E-state index contributed by atoms with van der Waals surface area (Å²) in [4.78, 5) is 17.8. The minimum atomic E-state index is 0.0566. The maximum Gasteiger partial charge on any atom is 0.239 e. The lowest BCUT2D eigenvalue weighted by Crippen LogP contribution is -2.40. The Bertz CT molecular complexity index is 401. The highest BCUT2D eigenvalue weighted by Crippen LogP contribution is 2.17. The van der Waals surface area contributed by atoms with Gasteiger partial charge in [0.15, 0.2) is 0 Å². The number of carbonyl (C=O) groups excluding carboxylic acids is 1. The second-order valence-corrected chi connectivity index (χ2v) is 5.18. The van der Waals surface area contributed by atoms with E-state index in [9.17, 15) is 4.79 Å². The van der Waals surface area contributed by atoms with Gasteiger partial charge in [0.25, 0.3) is 0 Å². The quantitative estimate of drug-likeness (QED) is 0.910. The number of hydrogen-bond donors (Lipinski definition) is 1. The molecule has 0 aromatic carbocycles. The van der Waals surface area contributed by atoms with Gasteiger partial charge in [-0.1, -0.05) is 24.4 Å². The SMILES string of the molecule is CN(CC(=O)NC1CCCC1)c1ccc(Cl)cn1. The van der Waals surface area contributed by atoms with Crippen LogP contribution in [0.25, 0.3) is 0 Å². The highest BCUT2D eigenvalue weighted by Gasteiger charge is 2.18. The van der Waals surface area contributed by atoms with Crippen LogP contribution < -0.4 is 10.2 Å². The normalized spacial score (nSPS) is 15.7. The molecule has 1 heterocycles. The van der Waals surface area contributed by atoms with Crippen molar-refractivity contribution < 1.29 is 4.79 Å². The molecular weight excluding hydrogens is 250 g/mol. The number of hydrogen-bond acceptors (Lipinski definition) is 3. The third kappa shape index (κ3) is 3.60. The summed E-state index contributed by atoms with van der Waals surface area (Å²) in [6.07, 6.45) is 6.24. The summed E-state index contributed by atoms with van der Waals surface area (Å²) in [5, 5.41) is 3.66. The summed E-state index contributed by atoms with van der Waals surface area (Å²) in [5.74, 6) is 0.808. The fraction of sp³-hybridized carbons (Fsp3) is 0.538. The lowest BCUT2D eigenvalue weighted by atomic mass is 10.2. The van der Waals surface area contributed by atoms with Crippen LogP contribution in [0.3, 0.4) is 0 Å². The van der Waals surface area contributed by atoms with E-state index in [1.54, 1.807) is 12.3 Å². The molecule has 1 aromatic rings. The number of nitrogens with one attached hydrogen (secondary N) is 1. The van der Waals surface area contributed by atoms with Crippen LogP contribution in [0, 0.1) is 0 Å². The standard InChI is InChI=1S/C13H18ClN3O/c1-17(12-7-6-10(14)8-15-12)9-13(18)16-11-4-2-3-5-11/h6-8,11H,2-5,9H2,1H3,(H,16,18). The van der Waals surface area contributed by atoms with Crippen molar-refractivity contribution in [1.82, 2.24) is 10.3 Å². The van der Waals surface area contributed by atoms with E-state index in [0.29, 0.717) is 17.6 Å². The molecule has 0 unspecified atom stereocenters. The van der Waals surface area contributed by atoms with Gasteiger partial charge in [-0.25, -0.2) is 4.98 Å². The average Bonchev–Trinajstić information content (AvgIpc) is 2.82. The molecule has 0 bridgehead atoms. The number of anilines is 1. The minimum absolute atomic E-state index is 0.0566. The van der Waals surface area contributed by atoms with E-state index in [2.05, 4.69) is 10.3 Å². The van der Waals surface area contributed by atoms with Gasteiger partial charge in [0, 0.05) is 19.3 Å². The summed E-state index contributed by atoms with van der Waals surface area (Å²) in [6, 6.07) is 3.95. The van der Waals surface area contributed by atoms with Crippen LogP contribution in [-0.4, -0.2) is 30.5 Å². The van der Waals surface area contributed by atoms with Gasteiger partial charge in [-0.3, -0.25) is 4.79 Å². The molecule has 0 spiro atoms. The highest BCUT2D eigenvalue weighted by atomic mass is 35.5. The van der Waals surface area contributed by atoms with Crippen molar-refractivity contribution in [3.8, 4) is 0 Å². The van der Waals surface area contributed by atoms with E-state index < -0.39 is 0 Å².